The SMILES string of the molecule is CCCCCCCCCCCCOC(=O)CC1C(=O)NCCN1C(=O)C(C)Oc1ccccc1Cl. The summed E-state index contributed by atoms with van der Waals surface area (Å²) in [6.07, 6.45) is 11.0. The molecule has 0 spiro atoms. The van der Waals surface area contributed by atoms with Crippen molar-refractivity contribution in [3.63, 3.8) is 0 Å². The van der Waals surface area contributed by atoms with E-state index >= 15 is 0 Å². The number of unbranched alkanes of at least 4 members (excludes halogenated alkanes) is 9. The highest BCUT2D eigenvalue weighted by atomic mass is 35.5. The van der Waals surface area contributed by atoms with Gasteiger partial charge in [0.05, 0.1) is 18.1 Å². The summed E-state index contributed by atoms with van der Waals surface area (Å²) in [6, 6.07) is 5.98. The van der Waals surface area contributed by atoms with E-state index in [2.05, 4.69) is 12.2 Å². The lowest BCUT2D eigenvalue weighted by Gasteiger charge is -2.36. The van der Waals surface area contributed by atoms with E-state index in [1.54, 1.807) is 31.2 Å². The van der Waals surface area contributed by atoms with Gasteiger partial charge in [-0.05, 0) is 25.5 Å². The second kappa shape index (κ2) is 16.4. The van der Waals surface area contributed by atoms with Crippen LogP contribution in [0.5, 0.6) is 5.75 Å². The lowest BCUT2D eigenvalue weighted by atomic mass is 10.1. The van der Waals surface area contributed by atoms with Crippen molar-refractivity contribution in [2.45, 2.75) is 96.6 Å². The maximum atomic E-state index is 13.0. The van der Waals surface area contributed by atoms with Crippen molar-refractivity contribution in [2.75, 3.05) is 19.7 Å². The van der Waals surface area contributed by atoms with Crippen LogP contribution in [0.3, 0.4) is 0 Å². The molecule has 0 aromatic heterocycles. The molecule has 2 atom stereocenters. The van der Waals surface area contributed by atoms with Gasteiger partial charge < -0.3 is 19.7 Å². The van der Waals surface area contributed by atoms with Gasteiger partial charge >= 0.3 is 5.97 Å². The number of rotatable bonds is 16. The van der Waals surface area contributed by atoms with Crippen LogP contribution in [-0.4, -0.2) is 54.5 Å². The predicted octanol–water partition coefficient (Wildman–Crippen LogP) is 5.29. The van der Waals surface area contributed by atoms with Crippen molar-refractivity contribution < 1.29 is 23.9 Å². The van der Waals surface area contributed by atoms with E-state index in [4.69, 9.17) is 21.1 Å². The van der Waals surface area contributed by atoms with Crippen molar-refractivity contribution in [1.82, 2.24) is 10.2 Å². The minimum atomic E-state index is -0.909. The quantitative estimate of drug-likeness (QED) is 0.242. The Labute approximate surface area is 214 Å². The number of carbonyl (C=O) groups is 3. The molecule has 1 aliphatic rings. The smallest absolute Gasteiger partial charge is 0.308 e. The first-order valence-electron chi connectivity index (χ1n) is 13.1. The molecule has 0 radical (unpaired) electrons. The molecule has 1 saturated heterocycles. The van der Waals surface area contributed by atoms with Crippen molar-refractivity contribution in [3.05, 3.63) is 29.3 Å². The van der Waals surface area contributed by atoms with E-state index in [1.807, 2.05) is 0 Å². The van der Waals surface area contributed by atoms with Crippen LogP contribution in [0.1, 0.15) is 84.5 Å². The topological polar surface area (TPSA) is 84.9 Å². The summed E-state index contributed by atoms with van der Waals surface area (Å²) in [5, 5.41) is 3.13. The molecule has 2 amide bonds. The molecule has 0 saturated carbocycles. The molecule has 0 bridgehead atoms. The number of para-hydroxylation sites is 1. The first kappa shape index (κ1) is 29.0. The molecule has 1 heterocycles. The van der Waals surface area contributed by atoms with Crippen LogP contribution in [0.25, 0.3) is 0 Å². The summed E-state index contributed by atoms with van der Waals surface area (Å²) in [6.45, 7) is 4.80. The normalized spacial score (nSPS) is 16.5. The van der Waals surface area contributed by atoms with E-state index in [0.29, 0.717) is 30.5 Å². The van der Waals surface area contributed by atoms with Gasteiger partial charge in [-0.1, -0.05) is 88.4 Å². The molecule has 2 unspecified atom stereocenters. The first-order chi connectivity index (χ1) is 16.9. The molecule has 196 valence electrons. The number of nitrogens with zero attached hydrogens (tertiary/aromatic N) is 1. The van der Waals surface area contributed by atoms with Gasteiger partial charge in [-0.2, -0.15) is 0 Å². The van der Waals surface area contributed by atoms with Gasteiger partial charge in [-0.25, -0.2) is 0 Å². The summed E-state index contributed by atoms with van der Waals surface area (Å²) in [5.41, 5.74) is 0. The Morgan fingerprint density at radius 3 is 2.34 bits per heavy atom. The number of amides is 2. The number of hydrogen-bond donors (Lipinski definition) is 1. The molecular weight excluding hydrogens is 468 g/mol. The second-order valence-electron chi connectivity index (χ2n) is 9.14. The molecular formula is C27H41ClN2O5. The minimum Gasteiger partial charge on any atom is -0.479 e. The number of carbonyl (C=O) groups excluding carboxylic acids is 3. The molecule has 1 fully saturated rings. The zero-order chi connectivity index (χ0) is 25.5. The Morgan fingerprint density at radius 2 is 1.69 bits per heavy atom. The summed E-state index contributed by atoms with van der Waals surface area (Å²) >= 11 is 6.12. The highest BCUT2D eigenvalue weighted by Gasteiger charge is 2.37. The molecule has 1 aromatic carbocycles. The van der Waals surface area contributed by atoms with E-state index in [1.165, 1.54) is 49.8 Å². The third kappa shape index (κ3) is 10.5. The monoisotopic (exact) mass is 508 g/mol. The highest BCUT2D eigenvalue weighted by Crippen LogP contribution is 2.25. The van der Waals surface area contributed by atoms with Crippen LogP contribution in [0.4, 0.5) is 0 Å². The lowest BCUT2D eigenvalue weighted by molar-refractivity contribution is -0.154. The van der Waals surface area contributed by atoms with Crippen LogP contribution >= 0.6 is 11.6 Å². The van der Waals surface area contributed by atoms with Crippen LogP contribution in [0.2, 0.25) is 5.02 Å². The average Bonchev–Trinajstić information content (AvgIpc) is 2.84. The molecule has 2 rings (SSSR count). The van der Waals surface area contributed by atoms with Gasteiger partial charge in [-0.15, -0.1) is 0 Å². The standard InChI is InChI=1S/C27H41ClN2O5/c1-3-4-5-6-7-8-9-10-11-14-19-34-25(31)20-23-26(32)29-17-18-30(23)27(33)21(2)35-24-16-13-12-15-22(24)28/h12-13,15-16,21,23H,3-11,14,17-20H2,1-2H3,(H,29,32). The first-order valence-corrected chi connectivity index (χ1v) is 13.5. The van der Waals surface area contributed by atoms with Gasteiger partial charge in [0.1, 0.15) is 11.8 Å². The van der Waals surface area contributed by atoms with Crippen LogP contribution in [-0.2, 0) is 19.1 Å². The van der Waals surface area contributed by atoms with Crippen molar-refractivity contribution in [2.24, 2.45) is 0 Å². The fourth-order valence-corrected chi connectivity index (χ4v) is 4.37. The number of nitrogens with one attached hydrogen (secondary N) is 1. The number of hydrogen-bond acceptors (Lipinski definition) is 5. The predicted molar refractivity (Wildman–Crippen MR) is 137 cm³/mol. The minimum absolute atomic E-state index is 0.172. The van der Waals surface area contributed by atoms with E-state index < -0.39 is 18.1 Å². The van der Waals surface area contributed by atoms with Gasteiger partial charge in [0.25, 0.3) is 5.91 Å². The second-order valence-corrected chi connectivity index (χ2v) is 9.54. The molecule has 1 aromatic rings. The summed E-state index contributed by atoms with van der Waals surface area (Å²) in [5.74, 6) is -0.804. The van der Waals surface area contributed by atoms with Gasteiger partial charge in [-0.3, -0.25) is 14.4 Å². The van der Waals surface area contributed by atoms with Crippen LogP contribution in [0.15, 0.2) is 24.3 Å². The molecule has 1 aliphatic heterocycles. The summed E-state index contributed by atoms with van der Waals surface area (Å²) in [7, 11) is 0. The fourth-order valence-electron chi connectivity index (χ4n) is 4.19. The van der Waals surface area contributed by atoms with Crippen LogP contribution in [0, 0.1) is 0 Å². The Morgan fingerprint density at radius 1 is 1.06 bits per heavy atom. The summed E-state index contributed by atoms with van der Waals surface area (Å²) in [4.78, 5) is 39.3. The highest BCUT2D eigenvalue weighted by molar-refractivity contribution is 6.32. The maximum absolute atomic E-state index is 13.0. The maximum Gasteiger partial charge on any atom is 0.308 e. The molecule has 7 nitrogen and oxygen atoms in total. The van der Waals surface area contributed by atoms with E-state index in [0.717, 1.165) is 19.3 Å². The molecule has 8 heteroatoms. The van der Waals surface area contributed by atoms with Crippen molar-refractivity contribution >= 4 is 29.4 Å². The van der Waals surface area contributed by atoms with E-state index in [-0.39, 0.29) is 18.2 Å². The van der Waals surface area contributed by atoms with Gasteiger partial charge in [0.15, 0.2) is 6.10 Å². The average molecular weight is 509 g/mol. The zero-order valence-electron chi connectivity index (χ0n) is 21.2. The van der Waals surface area contributed by atoms with E-state index in [9.17, 15) is 14.4 Å². The van der Waals surface area contributed by atoms with Crippen molar-refractivity contribution in [3.8, 4) is 5.75 Å². The Kier molecular flexibility index (Phi) is 13.6. The van der Waals surface area contributed by atoms with Gasteiger partial charge in [0.2, 0.25) is 5.91 Å². The molecule has 35 heavy (non-hydrogen) atoms. The lowest BCUT2D eigenvalue weighted by Crippen LogP contribution is -2.60. The Balaban J connectivity index is 1.71. The third-order valence-electron chi connectivity index (χ3n) is 6.22. The largest absolute Gasteiger partial charge is 0.479 e. The molecule has 0 aliphatic carbocycles. The fraction of sp³-hybridized carbons (Fsp3) is 0.667. The molecule has 1 N–H and O–H groups in total. The zero-order valence-corrected chi connectivity index (χ0v) is 22.0. The number of halogens is 1. The number of ether oxygens (including phenoxy) is 2. The summed E-state index contributed by atoms with van der Waals surface area (Å²) < 4.78 is 11.1. The van der Waals surface area contributed by atoms with Crippen molar-refractivity contribution in [1.29, 1.82) is 0 Å². The Bertz CT molecular complexity index is 804. The number of esters is 1. The Hall–Kier alpha value is -2.28. The third-order valence-corrected chi connectivity index (χ3v) is 6.54. The van der Waals surface area contributed by atoms with Gasteiger partial charge in [0, 0.05) is 13.1 Å². The number of benzene rings is 1. The number of piperazine rings is 1. The van der Waals surface area contributed by atoms with Crippen LogP contribution < -0.4 is 10.1 Å².